The van der Waals surface area contributed by atoms with Crippen LogP contribution < -0.4 is 5.69 Å². The fourth-order valence-electron chi connectivity index (χ4n) is 4.97. The molecule has 1 aromatic heterocycles. The fraction of sp³-hybridized carbons (Fsp3) is 0.833. The van der Waals surface area contributed by atoms with Crippen molar-refractivity contribution in [3.05, 3.63) is 16.3 Å². The Balaban J connectivity index is 1.25. The average Bonchev–Trinajstić information content (AvgIpc) is 3.11. The van der Waals surface area contributed by atoms with E-state index in [0.29, 0.717) is 19.0 Å². The van der Waals surface area contributed by atoms with Crippen LogP contribution in [0.3, 0.4) is 0 Å². The molecule has 2 bridgehead atoms. The first kappa shape index (κ1) is 15.6. The lowest BCUT2D eigenvalue weighted by atomic mass is 9.74. The van der Waals surface area contributed by atoms with Crippen LogP contribution in [0.2, 0.25) is 0 Å². The van der Waals surface area contributed by atoms with Crippen molar-refractivity contribution in [2.45, 2.75) is 76.0 Å². The molecule has 4 heterocycles. The van der Waals surface area contributed by atoms with Gasteiger partial charge in [0.15, 0.2) is 0 Å². The van der Waals surface area contributed by atoms with Crippen LogP contribution in [-0.2, 0) is 9.53 Å². The van der Waals surface area contributed by atoms with Gasteiger partial charge in [-0.05, 0) is 51.9 Å². The average molecular weight is 346 g/mol. The van der Waals surface area contributed by atoms with Crippen LogP contribution in [0.25, 0.3) is 0 Å². The van der Waals surface area contributed by atoms with Gasteiger partial charge in [0, 0.05) is 19.0 Å². The molecule has 25 heavy (non-hydrogen) atoms. The Hall–Kier alpha value is -1.63. The van der Waals surface area contributed by atoms with Crippen LogP contribution in [0.4, 0.5) is 0 Å². The number of piperidine rings is 1. The van der Waals surface area contributed by atoms with E-state index in [1.165, 1.54) is 0 Å². The summed E-state index contributed by atoms with van der Waals surface area (Å²) < 4.78 is 7.55. The standard InChI is InChI=1S/C18H26N4O3/c1-18(10-13-4-5-14(18)25-13)16(23)21-8-6-12(7-9-21)22-17(24)19-15(20-22)11-2-3-11/h11-14H,2-10H2,1H3,(H,19,20,24)/t13-,14+,18+/m1/s1. The van der Waals surface area contributed by atoms with Crippen molar-refractivity contribution in [1.82, 2.24) is 19.7 Å². The second kappa shape index (κ2) is 5.43. The van der Waals surface area contributed by atoms with Gasteiger partial charge in [0.05, 0.1) is 23.7 Å². The van der Waals surface area contributed by atoms with E-state index < -0.39 is 0 Å². The Bertz CT molecular complexity index is 744. The maximum absolute atomic E-state index is 13.1. The van der Waals surface area contributed by atoms with Crippen LogP contribution in [0.5, 0.6) is 0 Å². The highest BCUT2D eigenvalue weighted by molar-refractivity contribution is 5.83. The number of rotatable bonds is 3. The maximum Gasteiger partial charge on any atom is 0.343 e. The molecule has 7 heteroatoms. The molecule has 3 atom stereocenters. The first-order valence-corrected chi connectivity index (χ1v) is 9.68. The normalized spacial score (nSPS) is 35.5. The van der Waals surface area contributed by atoms with Gasteiger partial charge in [0.1, 0.15) is 5.82 Å². The first-order chi connectivity index (χ1) is 12.0. The number of fused-ring (bicyclic) bond motifs is 2. The van der Waals surface area contributed by atoms with E-state index in [1.807, 2.05) is 4.90 Å². The van der Waals surface area contributed by atoms with Crippen molar-refractivity contribution >= 4 is 5.91 Å². The highest BCUT2D eigenvalue weighted by Gasteiger charge is 2.55. The largest absolute Gasteiger partial charge is 0.374 e. The zero-order chi connectivity index (χ0) is 17.2. The van der Waals surface area contributed by atoms with E-state index in [9.17, 15) is 9.59 Å². The quantitative estimate of drug-likeness (QED) is 0.901. The molecule has 4 fully saturated rings. The molecule has 136 valence electrons. The Morgan fingerprint density at radius 3 is 2.56 bits per heavy atom. The number of carbonyl (C=O) groups is 1. The number of hydrogen-bond donors (Lipinski definition) is 1. The summed E-state index contributed by atoms with van der Waals surface area (Å²) in [6.07, 6.45) is 7.19. The van der Waals surface area contributed by atoms with Crippen molar-refractivity contribution in [2.24, 2.45) is 5.41 Å². The summed E-state index contributed by atoms with van der Waals surface area (Å²) in [6, 6.07) is 0.101. The molecule has 4 aliphatic rings. The van der Waals surface area contributed by atoms with E-state index in [2.05, 4.69) is 17.0 Å². The zero-order valence-corrected chi connectivity index (χ0v) is 14.7. The second-order valence-corrected chi connectivity index (χ2v) is 8.50. The third-order valence-corrected chi connectivity index (χ3v) is 6.68. The predicted molar refractivity (Wildman–Crippen MR) is 90.3 cm³/mol. The lowest BCUT2D eigenvalue weighted by Gasteiger charge is -2.39. The number of aromatic nitrogens is 3. The summed E-state index contributed by atoms with van der Waals surface area (Å²) in [7, 11) is 0. The van der Waals surface area contributed by atoms with Gasteiger partial charge in [-0.1, -0.05) is 0 Å². The van der Waals surface area contributed by atoms with Crippen LogP contribution in [-0.4, -0.2) is 50.9 Å². The van der Waals surface area contributed by atoms with E-state index in [1.54, 1.807) is 4.68 Å². The molecule has 3 saturated heterocycles. The van der Waals surface area contributed by atoms with E-state index in [4.69, 9.17) is 4.74 Å². The number of ether oxygens (including phenoxy) is 1. The number of likely N-dealkylation sites (tertiary alicyclic amines) is 1. The predicted octanol–water partition coefficient (Wildman–Crippen LogP) is 1.57. The molecule has 1 aliphatic carbocycles. The molecule has 1 aromatic rings. The minimum absolute atomic E-state index is 0.0952. The van der Waals surface area contributed by atoms with Gasteiger partial charge in [0.2, 0.25) is 5.91 Å². The zero-order valence-electron chi connectivity index (χ0n) is 14.7. The summed E-state index contributed by atoms with van der Waals surface area (Å²) in [4.78, 5) is 30.2. The lowest BCUT2D eigenvalue weighted by molar-refractivity contribution is -0.145. The number of amides is 1. The monoisotopic (exact) mass is 346 g/mol. The van der Waals surface area contributed by atoms with Gasteiger partial charge in [-0.3, -0.25) is 9.78 Å². The smallest absolute Gasteiger partial charge is 0.343 e. The molecule has 1 amide bonds. The van der Waals surface area contributed by atoms with Crippen LogP contribution in [0, 0.1) is 5.41 Å². The van der Waals surface area contributed by atoms with Crippen LogP contribution in [0.15, 0.2) is 4.79 Å². The van der Waals surface area contributed by atoms with Crippen LogP contribution in [0.1, 0.15) is 69.7 Å². The summed E-state index contributed by atoms with van der Waals surface area (Å²) in [5.74, 6) is 1.54. The number of H-pyrrole nitrogens is 1. The van der Waals surface area contributed by atoms with Crippen molar-refractivity contribution < 1.29 is 9.53 Å². The molecule has 3 aliphatic heterocycles. The molecule has 0 unspecified atom stereocenters. The lowest BCUT2D eigenvalue weighted by Crippen LogP contribution is -2.50. The van der Waals surface area contributed by atoms with E-state index >= 15 is 0 Å². The van der Waals surface area contributed by atoms with Gasteiger partial charge >= 0.3 is 5.69 Å². The Labute approximate surface area is 146 Å². The third-order valence-electron chi connectivity index (χ3n) is 6.68. The highest BCUT2D eigenvalue weighted by Crippen LogP contribution is 2.48. The summed E-state index contributed by atoms with van der Waals surface area (Å²) in [5, 5.41) is 4.51. The topological polar surface area (TPSA) is 80.2 Å². The van der Waals surface area contributed by atoms with Crippen molar-refractivity contribution in [3.63, 3.8) is 0 Å². The number of aromatic amines is 1. The SMILES string of the molecule is C[C@]1(C(=O)N2CCC(n3nc(C4CC4)[nH]c3=O)CC2)C[C@H]2CC[C@@H]1O2. The van der Waals surface area contributed by atoms with Gasteiger partial charge < -0.3 is 9.64 Å². The number of nitrogens with zero attached hydrogens (tertiary/aromatic N) is 3. The van der Waals surface area contributed by atoms with Crippen molar-refractivity contribution in [1.29, 1.82) is 0 Å². The fourth-order valence-corrected chi connectivity index (χ4v) is 4.97. The first-order valence-electron chi connectivity index (χ1n) is 9.68. The molecule has 5 rings (SSSR count). The molecule has 7 nitrogen and oxygen atoms in total. The number of nitrogens with one attached hydrogen (secondary N) is 1. The Morgan fingerprint density at radius 1 is 1.20 bits per heavy atom. The molecular weight excluding hydrogens is 320 g/mol. The number of carbonyl (C=O) groups excluding carboxylic acids is 1. The van der Waals surface area contributed by atoms with Gasteiger partial charge in [-0.15, -0.1) is 0 Å². The Kier molecular flexibility index (Phi) is 3.39. The van der Waals surface area contributed by atoms with E-state index in [0.717, 1.165) is 50.8 Å². The van der Waals surface area contributed by atoms with Gasteiger partial charge in [0.25, 0.3) is 0 Å². The molecule has 0 spiro atoms. The summed E-state index contributed by atoms with van der Waals surface area (Å²) in [6.45, 7) is 3.48. The maximum atomic E-state index is 13.1. The Morgan fingerprint density at radius 2 is 1.96 bits per heavy atom. The second-order valence-electron chi connectivity index (χ2n) is 8.50. The summed E-state index contributed by atoms with van der Waals surface area (Å²) in [5.41, 5.74) is -0.446. The van der Waals surface area contributed by atoms with Crippen LogP contribution >= 0.6 is 0 Å². The molecule has 0 radical (unpaired) electrons. The van der Waals surface area contributed by atoms with Crippen molar-refractivity contribution in [3.8, 4) is 0 Å². The van der Waals surface area contributed by atoms with Gasteiger partial charge in [-0.2, -0.15) is 5.10 Å². The van der Waals surface area contributed by atoms with Gasteiger partial charge in [-0.25, -0.2) is 9.48 Å². The van der Waals surface area contributed by atoms with Crippen molar-refractivity contribution in [2.75, 3.05) is 13.1 Å². The minimum Gasteiger partial charge on any atom is -0.374 e. The molecule has 1 saturated carbocycles. The molecule has 1 N–H and O–H groups in total. The molecular formula is C18H26N4O3. The minimum atomic E-state index is -0.349. The summed E-state index contributed by atoms with van der Waals surface area (Å²) >= 11 is 0. The number of hydrogen-bond acceptors (Lipinski definition) is 4. The highest BCUT2D eigenvalue weighted by atomic mass is 16.5. The third kappa shape index (κ3) is 2.46. The van der Waals surface area contributed by atoms with E-state index in [-0.39, 0.29) is 35.3 Å². The molecule has 0 aromatic carbocycles.